The van der Waals surface area contributed by atoms with Crippen LogP contribution in [-0.4, -0.2) is 37.2 Å². The molecule has 0 N–H and O–H groups in total. The minimum atomic E-state index is -0.821. The topological polar surface area (TPSA) is 78.9 Å². The van der Waals surface area contributed by atoms with E-state index in [-0.39, 0.29) is 37.5 Å². The zero-order valence-corrected chi connectivity index (χ0v) is 42.7. The lowest BCUT2D eigenvalue weighted by molar-refractivity contribution is -0.166. The maximum absolute atomic E-state index is 12.8. The van der Waals surface area contributed by atoms with E-state index in [0.29, 0.717) is 19.3 Å². The van der Waals surface area contributed by atoms with Gasteiger partial charge in [-0.2, -0.15) is 0 Å². The van der Waals surface area contributed by atoms with Crippen molar-refractivity contribution in [3.8, 4) is 0 Å². The normalized spacial score (nSPS) is 13.0. The summed E-state index contributed by atoms with van der Waals surface area (Å²) in [6.45, 7) is 6.39. The van der Waals surface area contributed by atoms with Crippen LogP contribution in [0.15, 0.2) is 109 Å². The van der Waals surface area contributed by atoms with Crippen molar-refractivity contribution in [2.45, 2.75) is 239 Å². The van der Waals surface area contributed by atoms with E-state index >= 15 is 0 Å². The number of allylic oxidation sites excluding steroid dienone is 18. The van der Waals surface area contributed by atoms with Crippen LogP contribution in [-0.2, 0) is 28.6 Å². The molecule has 0 unspecified atom stereocenters. The summed E-state index contributed by atoms with van der Waals surface area (Å²) in [4.78, 5) is 38.0. The molecular weight excluding hydrogens is 817 g/mol. The molecule has 0 radical (unpaired) electrons. The maximum atomic E-state index is 12.8. The van der Waals surface area contributed by atoms with Crippen molar-refractivity contribution < 1.29 is 28.6 Å². The van der Waals surface area contributed by atoms with Crippen molar-refractivity contribution in [3.05, 3.63) is 109 Å². The fourth-order valence-electron chi connectivity index (χ4n) is 6.96. The molecule has 0 aromatic heterocycles. The second-order valence-electron chi connectivity index (χ2n) is 17.4. The highest BCUT2D eigenvalue weighted by Gasteiger charge is 2.19. The standard InChI is InChI=1S/C60H98O6/c1-4-7-10-13-16-19-22-25-28-29-30-31-33-35-38-41-44-47-50-53-59(62)65-56-57(55-64-58(61)52-49-46-43-40-37-34-27-24-21-18-15-12-9-6-3)66-60(63)54-51-48-45-42-39-36-32-26-23-20-17-14-11-8-5-2/h7,10,16-17,19-20,24-28,30-32,35,38,44,47,57H,4-6,8-9,11-15,18,21-23,29,33-34,36-37,39-43,45-46,48-56H2,1-3H3/b10-7+,19-16+,20-17+,27-24+,28-25+,31-30+,32-26+,38-35+,47-44+/t57-/m1/s1. The smallest absolute Gasteiger partial charge is 0.306 e. The number of esters is 3. The first-order valence-corrected chi connectivity index (χ1v) is 26.9. The molecule has 0 spiro atoms. The SMILES string of the molecule is CC/C=C/C/C=C/C/C=C/C/C=C/C/C=C/C/C=C/CCC(=O)OC[C@@H](COC(=O)CCCCCCC/C=C/CCCCCCC)OC(=O)CCCCCCC/C=C/C/C=C/CCCCC. The Morgan fingerprint density at radius 3 is 1.06 bits per heavy atom. The van der Waals surface area contributed by atoms with Crippen LogP contribution in [0.3, 0.4) is 0 Å². The zero-order chi connectivity index (χ0) is 47.9. The first-order chi connectivity index (χ1) is 32.5. The van der Waals surface area contributed by atoms with Crippen molar-refractivity contribution >= 4 is 17.9 Å². The van der Waals surface area contributed by atoms with Crippen LogP contribution in [0.2, 0.25) is 0 Å². The molecule has 0 bridgehead atoms. The number of carbonyl (C=O) groups excluding carboxylic acids is 3. The average Bonchev–Trinajstić information content (AvgIpc) is 3.31. The summed E-state index contributed by atoms with van der Waals surface area (Å²) in [6, 6.07) is 0. The number of unbranched alkanes of at least 4 members (excludes halogenated alkanes) is 18. The second kappa shape index (κ2) is 53.7. The van der Waals surface area contributed by atoms with Crippen LogP contribution >= 0.6 is 0 Å². The van der Waals surface area contributed by atoms with Crippen LogP contribution < -0.4 is 0 Å². The van der Waals surface area contributed by atoms with E-state index in [1.54, 1.807) is 0 Å². The summed E-state index contributed by atoms with van der Waals surface area (Å²) in [7, 11) is 0. The first kappa shape index (κ1) is 62.1. The van der Waals surface area contributed by atoms with Gasteiger partial charge in [0, 0.05) is 19.3 Å². The van der Waals surface area contributed by atoms with Gasteiger partial charge in [-0.1, -0.05) is 207 Å². The summed E-state index contributed by atoms with van der Waals surface area (Å²) >= 11 is 0. The average molecular weight is 915 g/mol. The molecule has 0 heterocycles. The second-order valence-corrected chi connectivity index (χ2v) is 17.4. The van der Waals surface area contributed by atoms with Crippen molar-refractivity contribution in [1.82, 2.24) is 0 Å². The lowest BCUT2D eigenvalue weighted by atomic mass is 10.1. The molecular formula is C60H98O6. The van der Waals surface area contributed by atoms with Crippen LogP contribution in [0.5, 0.6) is 0 Å². The van der Waals surface area contributed by atoms with E-state index in [0.717, 1.165) is 116 Å². The van der Waals surface area contributed by atoms with Crippen LogP contribution in [0.1, 0.15) is 233 Å². The summed E-state index contributed by atoms with van der Waals surface area (Å²) in [5.41, 5.74) is 0. The third-order valence-corrected chi connectivity index (χ3v) is 11.0. The fourth-order valence-corrected chi connectivity index (χ4v) is 6.96. The third-order valence-electron chi connectivity index (χ3n) is 11.0. The highest BCUT2D eigenvalue weighted by molar-refractivity contribution is 5.71. The quantitative estimate of drug-likeness (QED) is 0.0262. The lowest BCUT2D eigenvalue weighted by Gasteiger charge is -2.18. The van der Waals surface area contributed by atoms with E-state index in [1.165, 1.54) is 70.6 Å². The molecule has 0 fully saturated rings. The van der Waals surface area contributed by atoms with Crippen LogP contribution in [0.4, 0.5) is 0 Å². The maximum Gasteiger partial charge on any atom is 0.306 e. The van der Waals surface area contributed by atoms with Crippen LogP contribution in [0.25, 0.3) is 0 Å². The van der Waals surface area contributed by atoms with Crippen LogP contribution in [0, 0.1) is 0 Å². The lowest BCUT2D eigenvalue weighted by Crippen LogP contribution is -2.30. The molecule has 0 aliphatic rings. The Labute approximate surface area is 406 Å². The Morgan fingerprint density at radius 2 is 0.621 bits per heavy atom. The molecule has 6 heteroatoms. The minimum absolute atomic E-state index is 0.113. The van der Waals surface area contributed by atoms with Gasteiger partial charge in [-0.05, 0) is 116 Å². The number of ether oxygens (including phenoxy) is 3. The van der Waals surface area contributed by atoms with Gasteiger partial charge in [0.1, 0.15) is 13.2 Å². The Kier molecular flexibility index (Phi) is 50.5. The predicted molar refractivity (Wildman–Crippen MR) is 283 cm³/mol. The van der Waals surface area contributed by atoms with E-state index < -0.39 is 6.10 Å². The van der Waals surface area contributed by atoms with E-state index in [9.17, 15) is 14.4 Å². The molecule has 0 aromatic rings. The van der Waals surface area contributed by atoms with Gasteiger partial charge < -0.3 is 14.2 Å². The highest BCUT2D eigenvalue weighted by Crippen LogP contribution is 2.13. The molecule has 0 saturated carbocycles. The molecule has 1 atom stereocenters. The van der Waals surface area contributed by atoms with Gasteiger partial charge in [-0.3, -0.25) is 14.4 Å². The summed E-state index contributed by atoms with van der Waals surface area (Å²) < 4.78 is 16.7. The predicted octanol–water partition coefficient (Wildman–Crippen LogP) is 17.9. The third kappa shape index (κ3) is 51.1. The Hall–Kier alpha value is -3.93. The first-order valence-electron chi connectivity index (χ1n) is 26.9. The molecule has 0 aliphatic heterocycles. The molecule has 6 nitrogen and oxygen atoms in total. The molecule has 66 heavy (non-hydrogen) atoms. The Bertz CT molecular complexity index is 1370. The minimum Gasteiger partial charge on any atom is -0.462 e. The molecule has 0 aromatic carbocycles. The van der Waals surface area contributed by atoms with Gasteiger partial charge >= 0.3 is 17.9 Å². The van der Waals surface area contributed by atoms with E-state index in [2.05, 4.69) is 118 Å². The Balaban J connectivity index is 4.55. The number of rotatable bonds is 47. The molecule has 0 amide bonds. The van der Waals surface area contributed by atoms with E-state index in [1.807, 2.05) is 12.2 Å². The largest absolute Gasteiger partial charge is 0.462 e. The highest BCUT2D eigenvalue weighted by atomic mass is 16.6. The molecule has 0 rings (SSSR count). The summed E-state index contributed by atoms with van der Waals surface area (Å²) in [5, 5.41) is 0. The van der Waals surface area contributed by atoms with Crippen molar-refractivity contribution in [3.63, 3.8) is 0 Å². The molecule has 0 saturated heterocycles. The number of carbonyl (C=O) groups is 3. The van der Waals surface area contributed by atoms with Crippen molar-refractivity contribution in [1.29, 1.82) is 0 Å². The number of hydrogen-bond acceptors (Lipinski definition) is 6. The molecule has 374 valence electrons. The van der Waals surface area contributed by atoms with Gasteiger partial charge in [0.2, 0.25) is 0 Å². The van der Waals surface area contributed by atoms with Gasteiger partial charge in [0.15, 0.2) is 6.10 Å². The monoisotopic (exact) mass is 915 g/mol. The Morgan fingerprint density at radius 1 is 0.318 bits per heavy atom. The fraction of sp³-hybridized carbons (Fsp3) is 0.650. The molecule has 0 aliphatic carbocycles. The van der Waals surface area contributed by atoms with Gasteiger partial charge in [-0.25, -0.2) is 0 Å². The van der Waals surface area contributed by atoms with Crippen molar-refractivity contribution in [2.24, 2.45) is 0 Å². The van der Waals surface area contributed by atoms with Gasteiger partial charge in [0.05, 0.1) is 0 Å². The zero-order valence-electron chi connectivity index (χ0n) is 42.7. The number of hydrogen-bond donors (Lipinski definition) is 0. The summed E-state index contributed by atoms with van der Waals surface area (Å²) in [6.07, 6.45) is 72.2. The van der Waals surface area contributed by atoms with E-state index in [4.69, 9.17) is 14.2 Å². The van der Waals surface area contributed by atoms with Crippen molar-refractivity contribution in [2.75, 3.05) is 13.2 Å². The van der Waals surface area contributed by atoms with Gasteiger partial charge in [-0.15, -0.1) is 0 Å². The van der Waals surface area contributed by atoms with Gasteiger partial charge in [0.25, 0.3) is 0 Å². The summed E-state index contributed by atoms with van der Waals surface area (Å²) in [5.74, 6) is -1.03.